The molecule has 5 heteroatoms. The van der Waals surface area contributed by atoms with Gasteiger partial charge in [0, 0.05) is 0 Å². The molecule has 5 nitrogen and oxygen atoms in total. The van der Waals surface area contributed by atoms with Gasteiger partial charge in [-0.3, -0.25) is 0 Å². The zero-order valence-electron chi connectivity index (χ0n) is 5.37. The molecule has 0 amide bonds. The van der Waals surface area contributed by atoms with Crippen LogP contribution in [-0.4, -0.2) is 25.6 Å². The zero-order chi connectivity index (χ0) is 6.97. The third kappa shape index (κ3) is 0.637. The number of aryl methyl sites for hydroxylation is 1. The van der Waals surface area contributed by atoms with Crippen LogP contribution in [0.1, 0.15) is 5.69 Å². The normalized spacial score (nSPS) is 10.5. The average molecular weight is 135 g/mol. The van der Waals surface area contributed by atoms with E-state index in [-0.39, 0.29) is 0 Å². The maximum absolute atomic E-state index is 3.82. The van der Waals surface area contributed by atoms with E-state index in [1.807, 2.05) is 13.0 Å². The summed E-state index contributed by atoms with van der Waals surface area (Å²) >= 11 is 0. The van der Waals surface area contributed by atoms with Gasteiger partial charge in [0.05, 0.1) is 5.69 Å². The summed E-state index contributed by atoms with van der Waals surface area (Å²) in [6.45, 7) is 1.86. The Labute approximate surface area is 56.5 Å². The first-order valence-corrected chi connectivity index (χ1v) is 2.87. The van der Waals surface area contributed by atoms with Crippen LogP contribution in [0.3, 0.4) is 0 Å². The minimum atomic E-state index is 0.630. The molecule has 0 saturated heterocycles. The first-order chi connectivity index (χ1) is 4.86. The molecule has 0 spiro atoms. The second-order valence-corrected chi connectivity index (χ2v) is 2.03. The second-order valence-electron chi connectivity index (χ2n) is 2.03. The van der Waals surface area contributed by atoms with Gasteiger partial charge in [-0.2, -0.15) is 5.10 Å². The number of rotatable bonds is 0. The molecule has 1 N–H and O–H groups in total. The highest BCUT2D eigenvalue weighted by atomic mass is 15.4. The number of H-pyrrole nitrogens is 1. The predicted molar refractivity (Wildman–Crippen MR) is 34.2 cm³/mol. The van der Waals surface area contributed by atoms with E-state index < -0.39 is 0 Å². The molecule has 0 radical (unpaired) electrons. The zero-order valence-corrected chi connectivity index (χ0v) is 5.37. The summed E-state index contributed by atoms with van der Waals surface area (Å²) in [5.74, 6) is 0. The molecule has 2 heterocycles. The summed E-state index contributed by atoms with van der Waals surface area (Å²) in [6.07, 6.45) is 0. The van der Waals surface area contributed by atoms with Gasteiger partial charge in [-0.15, -0.1) is 10.2 Å². The van der Waals surface area contributed by atoms with Crippen LogP contribution in [0.15, 0.2) is 6.07 Å². The first kappa shape index (κ1) is 5.28. The number of fused-ring (bicyclic) bond motifs is 1. The lowest BCUT2D eigenvalue weighted by Crippen LogP contribution is -1.85. The number of aromatic amines is 1. The van der Waals surface area contributed by atoms with E-state index in [1.54, 1.807) is 0 Å². The van der Waals surface area contributed by atoms with Crippen LogP contribution in [-0.2, 0) is 0 Å². The molecule has 0 fully saturated rings. The Hall–Kier alpha value is -1.52. The van der Waals surface area contributed by atoms with Crippen molar-refractivity contribution in [2.24, 2.45) is 0 Å². The largest absolute Gasteiger partial charge is 0.239 e. The van der Waals surface area contributed by atoms with Crippen molar-refractivity contribution >= 4 is 11.2 Å². The lowest BCUT2D eigenvalue weighted by molar-refractivity contribution is 0.942. The fraction of sp³-hybridized carbons (Fsp3) is 0.200. The summed E-state index contributed by atoms with van der Waals surface area (Å²) in [5.41, 5.74) is 2.24. The fourth-order valence-corrected chi connectivity index (χ4v) is 0.757. The van der Waals surface area contributed by atoms with Gasteiger partial charge >= 0.3 is 0 Å². The van der Waals surface area contributed by atoms with Gasteiger partial charge in [-0.1, -0.05) is 5.21 Å². The van der Waals surface area contributed by atoms with Crippen molar-refractivity contribution in [3.63, 3.8) is 0 Å². The van der Waals surface area contributed by atoms with Crippen molar-refractivity contribution in [1.29, 1.82) is 0 Å². The third-order valence-electron chi connectivity index (χ3n) is 1.21. The molecule has 0 unspecified atom stereocenters. The van der Waals surface area contributed by atoms with Gasteiger partial charge < -0.3 is 0 Å². The van der Waals surface area contributed by atoms with Gasteiger partial charge in [0.1, 0.15) is 5.52 Å². The van der Waals surface area contributed by atoms with Gasteiger partial charge in [0.2, 0.25) is 0 Å². The SMILES string of the molecule is Cc1cc2nn[nH]c2nn1. The van der Waals surface area contributed by atoms with E-state index in [4.69, 9.17) is 0 Å². The van der Waals surface area contributed by atoms with Crippen LogP contribution >= 0.6 is 0 Å². The summed E-state index contributed by atoms with van der Waals surface area (Å²) in [7, 11) is 0. The van der Waals surface area contributed by atoms with E-state index in [0.717, 1.165) is 11.2 Å². The first-order valence-electron chi connectivity index (χ1n) is 2.87. The van der Waals surface area contributed by atoms with E-state index in [1.165, 1.54) is 0 Å². The molecule has 0 aromatic carbocycles. The van der Waals surface area contributed by atoms with E-state index in [0.29, 0.717) is 5.65 Å². The molecule has 2 aromatic rings. The van der Waals surface area contributed by atoms with Crippen LogP contribution in [0.5, 0.6) is 0 Å². The summed E-state index contributed by atoms with van der Waals surface area (Å²) in [4.78, 5) is 0. The molecular formula is C5H5N5. The molecule has 0 aliphatic carbocycles. The Morgan fingerprint density at radius 1 is 1.30 bits per heavy atom. The molecule has 0 aliphatic rings. The minimum absolute atomic E-state index is 0.630. The number of aromatic nitrogens is 5. The van der Waals surface area contributed by atoms with Gasteiger partial charge in [0.25, 0.3) is 0 Å². The van der Waals surface area contributed by atoms with Crippen molar-refractivity contribution in [3.8, 4) is 0 Å². The Morgan fingerprint density at radius 2 is 2.20 bits per heavy atom. The quantitative estimate of drug-likeness (QED) is 0.554. The highest BCUT2D eigenvalue weighted by molar-refractivity contribution is 5.67. The van der Waals surface area contributed by atoms with Crippen molar-refractivity contribution in [2.75, 3.05) is 0 Å². The molecule has 0 aliphatic heterocycles. The highest BCUT2D eigenvalue weighted by Crippen LogP contribution is 2.01. The van der Waals surface area contributed by atoms with Crippen molar-refractivity contribution in [1.82, 2.24) is 25.6 Å². The average Bonchev–Trinajstić information content (AvgIpc) is 2.33. The summed E-state index contributed by atoms with van der Waals surface area (Å²) < 4.78 is 0. The highest BCUT2D eigenvalue weighted by Gasteiger charge is 1.97. The Morgan fingerprint density at radius 3 is 3.10 bits per heavy atom. The lowest BCUT2D eigenvalue weighted by atomic mass is 10.4. The van der Waals surface area contributed by atoms with Gasteiger partial charge in [-0.05, 0) is 13.0 Å². The molecule has 50 valence electrons. The van der Waals surface area contributed by atoms with Crippen LogP contribution in [0.2, 0.25) is 0 Å². The maximum atomic E-state index is 3.82. The summed E-state index contributed by atoms with van der Waals surface area (Å²) in [5, 5.41) is 17.6. The molecule has 10 heavy (non-hydrogen) atoms. The number of nitrogens with zero attached hydrogens (tertiary/aromatic N) is 4. The molecule has 0 bridgehead atoms. The van der Waals surface area contributed by atoms with Crippen LogP contribution < -0.4 is 0 Å². The molecule has 2 rings (SSSR count). The minimum Gasteiger partial charge on any atom is -0.239 e. The molecular weight excluding hydrogens is 130 g/mol. The van der Waals surface area contributed by atoms with E-state index in [2.05, 4.69) is 25.6 Å². The predicted octanol–water partition coefficient (Wildman–Crippen LogP) is 0.0563. The number of hydrogen-bond acceptors (Lipinski definition) is 4. The Kier molecular flexibility index (Phi) is 0.913. The number of nitrogens with one attached hydrogen (secondary N) is 1. The van der Waals surface area contributed by atoms with Gasteiger partial charge in [-0.25, -0.2) is 5.10 Å². The molecule has 0 saturated carbocycles. The fourth-order valence-electron chi connectivity index (χ4n) is 0.757. The second kappa shape index (κ2) is 1.73. The van der Waals surface area contributed by atoms with Crippen molar-refractivity contribution in [2.45, 2.75) is 6.92 Å². The van der Waals surface area contributed by atoms with Crippen molar-refractivity contribution < 1.29 is 0 Å². The monoisotopic (exact) mass is 135 g/mol. The topological polar surface area (TPSA) is 67.3 Å². The number of hydrogen-bond donors (Lipinski definition) is 1. The Balaban J connectivity index is 2.86. The lowest BCUT2D eigenvalue weighted by Gasteiger charge is -1.85. The standard InChI is InChI=1S/C5H5N5/c1-3-2-4-5(8-6-3)9-10-7-4/h2H,1H3,(H,7,8,9,10). The third-order valence-corrected chi connectivity index (χ3v) is 1.21. The Bertz CT molecular complexity index is 352. The van der Waals surface area contributed by atoms with Crippen LogP contribution in [0, 0.1) is 6.92 Å². The van der Waals surface area contributed by atoms with Gasteiger partial charge in [0.15, 0.2) is 5.65 Å². The van der Waals surface area contributed by atoms with Crippen LogP contribution in [0.25, 0.3) is 11.2 Å². The van der Waals surface area contributed by atoms with Crippen molar-refractivity contribution in [3.05, 3.63) is 11.8 Å². The van der Waals surface area contributed by atoms with E-state index in [9.17, 15) is 0 Å². The molecule has 2 aromatic heterocycles. The van der Waals surface area contributed by atoms with Crippen LogP contribution in [0.4, 0.5) is 0 Å². The summed E-state index contributed by atoms with van der Waals surface area (Å²) in [6, 6.07) is 1.83. The van der Waals surface area contributed by atoms with E-state index >= 15 is 0 Å². The maximum Gasteiger partial charge on any atom is 0.198 e. The molecule has 0 atom stereocenters. The smallest absolute Gasteiger partial charge is 0.198 e.